The number of benzene rings is 2. The zero-order valence-electron chi connectivity index (χ0n) is 19.5. The van der Waals surface area contributed by atoms with Gasteiger partial charge in [0.05, 0.1) is 21.2 Å². The highest BCUT2D eigenvalue weighted by Crippen LogP contribution is 2.36. The number of esters is 2. The second-order valence-electron chi connectivity index (χ2n) is 9.07. The van der Waals surface area contributed by atoms with Gasteiger partial charge in [0.2, 0.25) is 0 Å². The molecular weight excluding hydrogens is 477 g/mol. The van der Waals surface area contributed by atoms with Gasteiger partial charge in [-0.3, -0.25) is 4.79 Å². The van der Waals surface area contributed by atoms with Crippen molar-refractivity contribution in [3.8, 4) is 0 Å². The van der Waals surface area contributed by atoms with Crippen molar-refractivity contribution in [2.24, 2.45) is 17.8 Å². The summed E-state index contributed by atoms with van der Waals surface area (Å²) in [5, 5.41) is 3.22. The average molecular weight is 506 g/mol. The van der Waals surface area contributed by atoms with Crippen LogP contribution in [0.4, 0.5) is 5.69 Å². The van der Waals surface area contributed by atoms with Crippen LogP contribution in [0, 0.1) is 17.8 Å². The standard InChI is InChI=1S/C26H29Cl2NO5/c1-15(2)18-10-8-16(3)12-23(18)34-26(32)20-7-5-4-6-19(20)25(31)33-14-24(30)29-17-9-11-21(27)22(28)13-17/h4-7,9,11,13,15-16,18,23H,8,10,12,14H2,1-3H3,(H,29,30)/t16-,18+,23-/m1/s1. The van der Waals surface area contributed by atoms with E-state index in [4.69, 9.17) is 32.7 Å². The zero-order chi connectivity index (χ0) is 24.8. The number of hydrogen-bond donors (Lipinski definition) is 1. The first-order valence-electron chi connectivity index (χ1n) is 11.4. The van der Waals surface area contributed by atoms with Crippen molar-refractivity contribution in [3.63, 3.8) is 0 Å². The third-order valence-corrected chi connectivity index (χ3v) is 6.86. The zero-order valence-corrected chi connectivity index (χ0v) is 21.0. The smallest absolute Gasteiger partial charge is 0.339 e. The molecule has 182 valence electrons. The fraction of sp³-hybridized carbons (Fsp3) is 0.423. The van der Waals surface area contributed by atoms with E-state index in [1.165, 1.54) is 18.2 Å². The fourth-order valence-electron chi connectivity index (χ4n) is 4.27. The summed E-state index contributed by atoms with van der Waals surface area (Å²) in [5.41, 5.74) is 0.596. The van der Waals surface area contributed by atoms with Crippen LogP contribution in [0.5, 0.6) is 0 Å². The van der Waals surface area contributed by atoms with Gasteiger partial charge in [-0.15, -0.1) is 0 Å². The van der Waals surface area contributed by atoms with E-state index in [0.717, 1.165) is 19.3 Å². The number of carbonyl (C=O) groups is 3. The molecule has 0 aliphatic heterocycles. The Bertz CT molecular complexity index is 1060. The van der Waals surface area contributed by atoms with E-state index in [2.05, 4.69) is 26.1 Å². The van der Waals surface area contributed by atoms with Crippen LogP contribution >= 0.6 is 23.2 Å². The number of carbonyl (C=O) groups excluding carboxylic acids is 3. The van der Waals surface area contributed by atoms with E-state index in [-0.39, 0.29) is 28.2 Å². The maximum Gasteiger partial charge on any atom is 0.339 e. The third-order valence-electron chi connectivity index (χ3n) is 6.12. The lowest BCUT2D eigenvalue weighted by Crippen LogP contribution is -2.36. The molecule has 34 heavy (non-hydrogen) atoms. The molecule has 0 radical (unpaired) electrons. The molecule has 0 saturated heterocycles. The molecule has 0 bridgehead atoms. The average Bonchev–Trinajstić information content (AvgIpc) is 2.79. The number of amides is 1. The Morgan fingerprint density at radius 1 is 1.00 bits per heavy atom. The summed E-state index contributed by atoms with van der Waals surface area (Å²) >= 11 is 11.8. The van der Waals surface area contributed by atoms with Crippen molar-refractivity contribution in [3.05, 3.63) is 63.6 Å². The van der Waals surface area contributed by atoms with E-state index in [1.807, 2.05) is 0 Å². The first-order chi connectivity index (χ1) is 16.2. The molecule has 1 aliphatic carbocycles. The van der Waals surface area contributed by atoms with Gasteiger partial charge >= 0.3 is 11.9 Å². The number of rotatable bonds is 7. The Hall–Kier alpha value is -2.57. The first-order valence-corrected chi connectivity index (χ1v) is 12.1. The molecule has 1 aliphatic rings. The summed E-state index contributed by atoms with van der Waals surface area (Å²) in [4.78, 5) is 37.9. The maximum atomic E-state index is 13.0. The molecule has 0 unspecified atom stereocenters. The summed E-state index contributed by atoms with van der Waals surface area (Å²) in [6, 6.07) is 10.9. The quantitative estimate of drug-likeness (QED) is 0.439. The van der Waals surface area contributed by atoms with Crippen LogP contribution in [0.25, 0.3) is 0 Å². The molecule has 0 spiro atoms. The molecule has 1 N–H and O–H groups in total. The maximum absolute atomic E-state index is 13.0. The van der Waals surface area contributed by atoms with Crippen LogP contribution in [0.1, 0.15) is 60.7 Å². The molecule has 1 fully saturated rings. The SMILES string of the molecule is CC(C)[C@@H]1CC[C@@H](C)C[C@H]1OC(=O)c1ccccc1C(=O)OCC(=O)Nc1ccc(Cl)c(Cl)c1. The number of nitrogens with one attached hydrogen (secondary N) is 1. The molecule has 8 heteroatoms. The van der Waals surface area contributed by atoms with Gasteiger partial charge < -0.3 is 14.8 Å². The van der Waals surface area contributed by atoms with Crippen molar-refractivity contribution in [1.29, 1.82) is 0 Å². The van der Waals surface area contributed by atoms with Crippen LogP contribution in [-0.2, 0) is 14.3 Å². The van der Waals surface area contributed by atoms with Crippen LogP contribution in [0.15, 0.2) is 42.5 Å². The highest BCUT2D eigenvalue weighted by molar-refractivity contribution is 6.42. The second-order valence-corrected chi connectivity index (χ2v) is 9.88. The molecule has 2 aromatic carbocycles. The normalized spacial score (nSPS) is 20.0. The summed E-state index contributed by atoms with van der Waals surface area (Å²) in [6.07, 6.45) is 2.73. The van der Waals surface area contributed by atoms with Crippen molar-refractivity contribution >= 4 is 46.7 Å². The topological polar surface area (TPSA) is 81.7 Å². The second kappa shape index (κ2) is 11.7. The third kappa shape index (κ3) is 6.73. The van der Waals surface area contributed by atoms with Crippen LogP contribution in [0.3, 0.4) is 0 Å². The molecule has 1 amide bonds. The Morgan fingerprint density at radius 2 is 1.68 bits per heavy atom. The van der Waals surface area contributed by atoms with Gasteiger partial charge in [-0.1, -0.05) is 62.5 Å². The van der Waals surface area contributed by atoms with E-state index >= 15 is 0 Å². The summed E-state index contributed by atoms with van der Waals surface area (Å²) in [6.45, 7) is 5.90. The van der Waals surface area contributed by atoms with Crippen molar-refractivity contribution in [1.82, 2.24) is 0 Å². The highest BCUT2D eigenvalue weighted by Gasteiger charge is 2.34. The minimum atomic E-state index is -0.783. The number of anilines is 1. The van der Waals surface area contributed by atoms with E-state index < -0.39 is 24.5 Å². The van der Waals surface area contributed by atoms with E-state index in [1.54, 1.807) is 24.3 Å². The predicted octanol–water partition coefficient (Wildman–Crippen LogP) is 6.41. The summed E-state index contributed by atoms with van der Waals surface area (Å²) in [7, 11) is 0. The lowest BCUT2D eigenvalue weighted by Gasteiger charge is -2.36. The van der Waals surface area contributed by atoms with Gasteiger partial charge in [0.1, 0.15) is 6.10 Å². The molecular formula is C26H29Cl2NO5. The Balaban J connectivity index is 1.64. The van der Waals surface area contributed by atoms with Crippen LogP contribution in [0.2, 0.25) is 10.0 Å². The minimum Gasteiger partial charge on any atom is -0.458 e. The molecule has 3 atom stereocenters. The van der Waals surface area contributed by atoms with Gasteiger partial charge in [-0.2, -0.15) is 0 Å². The molecule has 2 aromatic rings. The lowest BCUT2D eigenvalue weighted by molar-refractivity contribution is -0.119. The van der Waals surface area contributed by atoms with Gasteiger partial charge in [0.15, 0.2) is 6.61 Å². The largest absolute Gasteiger partial charge is 0.458 e. The summed E-state index contributed by atoms with van der Waals surface area (Å²) < 4.78 is 11.0. The monoisotopic (exact) mass is 505 g/mol. The predicted molar refractivity (Wildman–Crippen MR) is 132 cm³/mol. The summed E-state index contributed by atoms with van der Waals surface area (Å²) in [5.74, 6) is -0.750. The number of halogens is 2. The molecule has 1 saturated carbocycles. The van der Waals surface area contributed by atoms with Gasteiger partial charge in [-0.05, 0) is 60.9 Å². The Morgan fingerprint density at radius 3 is 2.32 bits per heavy atom. The van der Waals surface area contributed by atoms with Gasteiger partial charge in [0.25, 0.3) is 5.91 Å². The van der Waals surface area contributed by atoms with E-state index in [0.29, 0.717) is 22.5 Å². The highest BCUT2D eigenvalue weighted by atomic mass is 35.5. The Labute approximate surface area is 209 Å². The minimum absolute atomic E-state index is 0.0554. The lowest BCUT2D eigenvalue weighted by atomic mass is 9.75. The molecule has 0 heterocycles. The molecule has 6 nitrogen and oxygen atoms in total. The number of ether oxygens (including phenoxy) is 2. The van der Waals surface area contributed by atoms with Crippen molar-refractivity contribution in [2.75, 3.05) is 11.9 Å². The fourth-order valence-corrected chi connectivity index (χ4v) is 4.57. The van der Waals surface area contributed by atoms with Crippen LogP contribution in [-0.4, -0.2) is 30.6 Å². The molecule has 0 aromatic heterocycles. The van der Waals surface area contributed by atoms with Crippen molar-refractivity contribution in [2.45, 2.75) is 46.1 Å². The van der Waals surface area contributed by atoms with Crippen molar-refractivity contribution < 1.29 is 23.9 Å². The van der Waals surface area contributed by atoms with E-state index in [9.17, 15) is 14.4 Å². The van der Waals surface area contributed by atoms with Gasteiger partial charge in [-0.25, -0.2) is 9.59 Å². The first kappa shape index (κ1) is 26.0. The van der Waals surface area contributed by atoms with Crippen LogP contribution < -0.4 is 5.32 Å². The van der Waals surface area contributed by atoms with Gasteiger partial charge in [0, 0.05) is 5.69 Å². The number of hydrogen-bond acceptors (Lipinski definition) is 5. The molecule has 3 rings (SSSR count). The Kier molecular flexibility index (Phi) is 8.97.